The van der Waals surface area contributed by atoms with Crippen LogP contribution in [0.5, 0.6) is 0 Å². The van der Waals surface area contributed by atoms with Crippen LogP contribution in [-0.4, -0.2) is 42.7 Å². The number of nitrogens with two attached hydrogens (primary N) is 1. The van der Waals surface area contributed by atoms with Crippen LogP contribution in [0.1, 0.15) is 30.9 Å². The number of nitrogen functional groups attached to an aromatic ring is 1. The molecule has 0 aliphatic carbocycles. The zero-order chi connectivity index (χ0) is 18.5. The molecule has 2 aromatic rings. The molecule has 0 spiro atoms. The number of unbranched alkanes of at least 4 members (excludes halogenated alkanes) is 1. The fraction of sp³-hybridized carbons (Fsp3) is 0.500. The summed E-state index contributed by atoms with van der Waals surface area (Å²) in [5.74, 6) is 1.60. The highest BCUT2D eigenvalue weighted by atomic mass is 15.3. The summed E-state index contributed by atoms with van der Waals surface area (Å²) < 4.78 is 0. The Kier molecular flexibility index (Phi) is 5.81. The number of rotatable bonds is 6. The van der Waals surface area contributed by atoms with Crippen molar-refractivity contribution in [1.82, 2.24) is 9.97 Å². The summed E-state index contributed by atoms with van der Waals surface area (Å²) in [5, 5.41) is 3.33. The Morgan fingerprint density at radius 1 is 1.08 bits per heavy atom. The minimum absolute atomic E-state index is 0.656. The van der Waals surface area contributed by atoms with Crippen LogP contribution >= 0.6 is 0 Å². The maximum atomic E-state index is 6.34. The topological polar surface area (TPSA) is 70.3 Å². The highest BCUT2D eigenvalue weighted by Crippen LogP contribution is 2.29. The molecule has 0 amide bonds. The van der Waals surface area contributed by atoms with Crippen molar-refractivity contribution in [2.24, 2.45) is 0 Å². The third-order valence-electron chi connectivity index (χ3n) is 5.18. The number of hydrogen-bond acceptors (Lipinski definition) is 6. The number of benzene rings is 1. The zero-order valence-corrected chi connectivity index (χ0v) is 16.1. The molecule has 1 fully saturated rings. The third kappa shape index (κ3) is 3.84. The number of aryl methyl sites for hydroxylation is 1. The van der Waals surface area contributed by atoms with Gasteiger partial charge in [-0.25, -0.2) is 9.97 Å². The predicted octanol–water partition coefficient (Wildman–Crippen LogP) is 3.21. The first-order valence-electron chi connectivity index (χ1n) is 9.52. The Morgan fingerprint density at radius 3 is 2.54 bits per heavy atom. The van der Waals surface area contributed by atoms with E-state index in [1.54, 1.807) is 6.33 Å². The second-order valence-electron chi connectivity index (χ2n) is 6.93. The van der Waals surface area contributed by atoms with E-state index in [1.807, 2.05) is 0 Å². The molecule has 0 saturated carbocycles. The van der Waals surface area contributed by atoms with Crippen LogP contribution < -0.4 is 20.9 Å². The fourth-order valence-corrected chi connectivity index (χ4v) is 3.40. The molecule has 6 heteroatoms. The van der Waals surface area contributed by atoms with Gasteiger partial charge < -0.3 is 20.9 Å². The molecular weight excluding hydrogens is 324 g/mol. The van der Waals surface area contributed by atoms with Gasteiger partial charge >= 0.3 is 0 Å². The molecule has 1 aromatic heterocycles. The first-order valence-corrected chi connectivity index (χ1v) is 9.52. The van der Waals surface area contributed by atoms with E-state index in [1.165, 1.54) is 16.8 Å². The van der Waals surface area contributed by atoms with Crippen LogP contribution in [-0.2, 0) is 0 Å². The lowest BCUT2D eigenvalue weighted by atomic mass is 10.1. The molecule has 6 nitrogen and oxygen atoms in total. The Labute approximate surface area is 156 Å². The van der Waals surface area contributed by atoms with Gasteiger partial charge in [-0.3, -0.25) is 0 Å². The summed E-state index contributed by atoms with van der Waals surface area (Å²) >= 11 is 0. The first kappa shape index (κ1) is 18.3. The van der Waals surface area contributed by atoms with E-state index in [0.29, 0.717) is 5.69 Å². The standard InChI is InChI=1S/C20H30N6/c1-4-5-9-22-19-18(21)20(24-14-23-19)26-12-10-25(11-13-26)17-8-6-7-15(2)16(17)3/h6-8,14H,4-5,9-13,21H2,1-3H3,(H,22,23,24). The summed E-state index contributed by atoms with van der Waals surface area (Å²) in [6.45, 7) is 11.2. The molecule has 1 saturated heterocycles. The van der Waals surface area contributed by atoms with Gasteiger partial charge in [0.15, 0.2) is 11.6 Å². The smallest absolute Gasteiger partial charge is 0.157 e. The molecule has 0 bridgehead atoms. The van der Waals surface area contributed by atoms with Crippen molar-refractivity contribution in [2.45, 2.75) is 33.6 Å². The lowest BCUT2D eigenvalue weighted by Crippen LogP contribution is -2.47. The molecule has 1 aliphatic heterocycles. The van der Waals surface area contributed by atoms with Crippen LogP contribution in [0.25, 0.3) is 0 Å². The van der Waals surface area contributed by atoms with E-state index in [4.69, 9.17) is 5.73 Å². The van der Waals surface area contributed by atoms with E-state index in [-0.39, 0.29) is 0 Å². The monoisotopic (exact) mass is 354 g/mol. The van der Waals surface area contributed by atoms with Crippen LogP contribution in [0, 0.1) is 13.8 Å². The average Bonchev–Trinajstić information content (AvgIpc) is 2.66. The van der Waals surface area contributed by atoms with Crippen molar-refractivity contribution in [3.63, 3.8) is 0 Å². The number of hydrogen-bond donors (Lipinski definition) is 2. The van der Waals surface area contributed by atoms with Crippen molar-refractivity contribution >= 4 is 23.0 Å². The summed E-state index contributed by atoms with van der Waals surface area (Å²) in [6, 6.07) is 6.53. The van der Waals surface area contributed by atoms with Crippen molar-refractivity contribution < 1.29 is 0 Å². The molecule has 1 aliphatic rings. The Hall–Kier alpha value is -2.50. The van der Waals surface area contributed by atoms with Gasteiger partial charge in [-0.2, -0.15) is 0 Å². The summed E-state index contributed by atoms with van der Waals surface area (Å²) in [4.78, 5) is 13.5. The highest BCUT2D eigenvalue weighted by molar-refractivity contribution is 5.75. The SMILES string of the molecule is CCCCNc1ncnc(N2CCN(c3cccc(C)c3C)CC2)c1N. The second-order valence-corrected chi connectivity index (χ2v) is 6.93. The maximum absolute atomic E-state index is 6.34. The second kappa shape index (κ2) is 8.25. The number of nitrogens with zero attached hydrogens (tertiary/aromatic N) is 4. The van der Waals surface area contributed by atoms with Crippen molar-refractivity contribution in [3.05, 3.63) is 35.7 Å². The summed E-state index contributed by atoms with van der Waals surface area (Å²) in [6.07, 6.45) is 3.86. The molecule has 3 N–H and O–H groups in total. The Morgan fingerprint density at radius 2 is 1.81 bits per heavy atom. The molecule has 140 valence electrons. The third-order valence-corrected chi connectivity index (χ3v) is 5.18. The quantitative estimate of drug-likeness (QED) is 0.776. The molecule has 0 unspecified atom stereocenters. The largest absolute Gasteiger partial charge is 0.393 e. The number of piperazine rings is 1. The average molecular weight is 355 g/mol. The molecule has 0 radical (unpaired) electrons. The van der Waals surface area contributed by atoms with E-state index in [0.717, 1.165) is 57.2 Å². The number of aromatic nitrogens is 2. The molecule has 1 aromatic carbocycles. The zero-order valence-electron chi connectivity index (χ0n) is 16.1. The van der Waals surface area contributed by atoms with Crippen molar-refractivity contribution in [1.29, 1.82) is 0 Å². The maximum Gasteiger partial charge on any atom is 0.157 e. The van der Waals surface area contributed by atoms with Crippen LogP contribution in [0.2, 0.25) is 0 Å². The van der Waals surface area contributed by atoms with Gasteiger partial charge in [0.1, 0.15) is 12.0 Å². The van der Waals surface area contributed by atoms with Crippen molar-refractivity contribution in [2.75, 3.05) is 53.6 Å². The lowest BCUT2D eigenvalue weighted by molar-refractivity contribution is 0.646. The van der Waals surface area contributed by atoms with Gasteiger partial charge in [0.05, 0.1) is 0 Å². The van der Waals surface area contributed by atoms with Crippen LogP contribution in [0.15, 0.2) is 24.5 Å². The molecule has 3 rings (SSSR count). The summed E-state index contributed by atoms with van der Waals surface area (Å²) in [5.41, 5.74) is 11.0. The highest BCUT2D eigenvalue weighted by Gasteiger charge is 2.22. The van der Waals surface area contributed by atoms with Crippen molar-refractivity contribution in [3.8, 4) is 0 Å². The minimum atomic E-state index is 0.656. The minimum Gasteiger partial charge on any atom is -0.393 e. The van der Waals surface area contributed by atoms with Gasteiger partial charge in [-0.1, -0.05) is 25.5 Å². The van der Waals surface area contributed by atoms with E-state index >= 15 is 0 Å². The van der Waals surface area contributed by atoms with Gasteiger partial charge in [0.25, 0.3) is 0 Å². The number of anilines is 4. The molecule has 0 atom stereocenters. The van der Waals surface area contributed by atoms with Crippen LogP contribution in [0.3, 0.4) is 0 Å². The fourth-order valence-electron chi connectivity index (χ4n) is 3.40. The summed E-state index contributed by atoms with van der Waals surface area (Å²) in [7, 11) is 0. The Bertz CT molecular complexity index is 737. The van der Waals surface area contributed by atoms with E-state index in [9.17, 15) is 0 Å². The Balaban J connectivity index is 1.68. The molecule has 26 heavy (non-hydrogen) atoms. The predicted molar refractivity (Wildman–Crippen MR) is 110 cm³/mol. The van der Waals surface area contributed by atoms with Crippen LogP contribution in [0.4, 0.5) is 23.0 Å². The van der Waals surface area contributed by atoms with Gasteiger partial charge in [0, 0.05) is 38.4 Å². The van der Waals surface area contributed by atoms with Gasteiger partial charge in [0.2, 0.25) is 0 Å². The normalized spacial score (nSPS) is 14.6. The van der Waals surface area contributed by atoms with E-state index < -0.39 is 0 Å². The van der Waals surface area contributed by atoms with Gasteiger partial charge in [-0.15, -0.1) is 0 Å². The molecular formula is C20H30N6. The number of nitrogens with one attached hydrogen (secondary N) is 1. The lowest BCUT2D eigenvalue weighted by Gasteiger charge is -2.38. The first-order chi connectivity index (χ1) is 12.6. The van der Waals surface area contributed by atoms with E-state index in [2.05, 4.69) is 64.1 Å². The molecule has 2 heterocycles. The van der Waals surface area contributed by atoms with Gasteiger partial charge in [-0.05, 0) is 37.5 Å².